The minimum Gasteiger partial charge on any atom is -0.368 e. The summed E-state index contributed by atoms with van der Waals surface area (Å²) < 4.78 is 0. The molecule has 28 heavy (non-hydrogen) atoms. The van der Waals surface area contributed by atoms with Crippen molar-refractivity contribution in [3.05, 3.63) is 0 Å². The van der Waals surface area contributed by atoms with Crippen molar-refractivity contribution in [2.75, 3.05) is 13.6 Å². The van der Waals surface area contributed by atoms with Crippen molar-refractivity contribution < 1.29 is 19.2 Å². The van der Waals surface area contributed by atoms with E-state index in [1.165, 1.54) is 11.8 Å². The Bertz CT molecular complexity index is 605. The van der Waals surface area contributed by atoms with Crippen molar-refractivity contribution in [1.29, 1.82) is 0 Å². The van der Waals surface area contributed by atoms with E-state index in [9.17, 15) is 19.2 Å². The van der Waals surface area contributed by atoms with Crippen LogP contribution in [0.3, 0.4) is 0 Å². The van der Waals surface area contributed by atoms with Gasteiger partial charge in [0.2, 0.25) is 23.6 Å². The molecule has 1 saturated heterocycles. The van der Waals surface area contributed by atoms with Crippen LogP contribution in [0.5, 0.6) is 0 Å². The molecule has 2 fully saturated rings. The minimum absolute atomic E-state index is 0.0302. The van der Waals surface area contributed by atoms with Crippen LogP contribution < -0.4 is 21.7 Å². The highest BCUT2D eigenvalue weighted by Gasteiger charge is 2.43. The Labute approximate surface area is 166 Å². The Morgan fingerprint density at radius 1 is 1.11 bits per heavy atom. The van der Waals surface area contributed by atoms with E-state index in [-0.39, 0.29) is 36.2 Å². The summed E-state index contributed by atoms with van der Waals surface area (Å²) in [5, 5.41) is 8.54. The number of amides is 4. The fourth-order valence-corrected chi connectivity index (χ4v) is 4.18. The van der Waals surface area contributed by atoms with Gasteiger partial charge in [-0.25, -0.2) is 0 Å². The van der Waals surface area contributed by atoms with Gasteiger partial charge in [0.25, 0.3) is 0 Å². The van der Waals surface area contributed by atoms with E-state index in [2.05, 4.69) is 16.0 Å². The Balaban J connectivity index is 2.21. The topological polar surface area (TPSA) is 134 Å². The van der Waals surface area contributed by atoms with Crippen LogP contribution in [0, 0.1) is 5.92 Å². The highest BCUT2D eigenvalue weighted by atomic mass is 16.2. The second-order valence-corrected chi connectivity index (χ2v) is 7.94. The maximum absolute atomic E-state index is 13.4. The van der Waals surface area contributed by atoms with Gasteiger partial charge in [-0.2, -0.15) is 0 Å². The van der Waals surface area contributed by atoms with Crippen LogP contribution >= 0.6 is 0 Å². The van der Waals surface area contributed by atoms with Gasteiger partial charge in [-0.05, 0) is 39.2 Å². The molecule has 9 heteroatoms. The molecule has 4 atom stereocenters. The smallest absolute Gasteiger partial charge is 0.246 e. The number of nitrogens with zero attached hydrogens (tertiary/aromatic N) is 1. The Morgan fingerprint density at radius 2 is 1.75 bits per heavy atom. The van der Waals surface area contributed by atoms with E-state index in [1.807, 2.05) is 0 Å². The molecule has 1 aliphatic carbocycles. The van der Waals surface area contributed by atoms with E-state index in [1.54, 1.807) is 14.0 Å². The van der Waals surface area contributed by atoms with Crippen LogP contribution in [-0.4, -0.2) is 66.3 Å². The molecule has 0 aromatic carbocycles. The maximum atomic E-state index is 13.4. The molecular weight excluding hydrogens is 362 g/mol. The van der Waals surface area contributed by atoms with Crippen molar-refractivity contribution in [2.45, 2.75) is 76.5 Å². The zero-order valence-electron chi connectivity index (χ0n) is 17.0. The van der Waals surface area contributed by atoms with Crippen molar-refractivity contribution in [3.63, 3.8) is 0 Å². The number of carbonyl (C=O) groups excluding carboxylic acids is 4. The molecule has 9 nitrogen and oxygen atoms in total. The molecule has 1 heterocycles. The Morgan fingerprint density at radius 3 is 2.29 bits per heavy atom. The molecule has 2 rings (SSSR count). The molecule has 0 radical (unpaired) electrons. The predicted octanol–water partition coefficient (Wildman–Crippen LogP) is -0.750. The first-order valence-electron chi connectivity index (χ1n) is 10.1. The van der Waals surface area contributed by atoms with Crippen molar-refractivity contribution in [3.8, 4) is 0 Å². The molecule has 0 bridgehead atoms. The molecule has 0 aromatic heterocycles. The SMILES string of the molecule is CN[C@@H](C)C(=O)N[C@H](C(=O)N1C[C@@H](NC(C)=O)C[C@H]1C(N)=O)C1CCCCC1. The maximum Gasteiger partial charge on any atom is 0.246 e. The zero-order valence-corrected chi connectivity index (χ0v) is 17.0. The summed E-state index contributed by atoms with van der Waals surface area (Å²) in [6.45, 7) is 3.34. The summed E-state index contributed by atoms with van der Waals surface area (Å²) in [5.41, 5.74) is 5.53. The summed E-state index contributed by atoms with van der Waals surface area (Å²) in [4.78, 5) is 50.7. The van der Waals surface area contributed by atoms with Gasteiger partial charge in [0.05, 0.1) is 6.04 Å². The fourth-order valence-electron chi connectivity index (χ4n) is 4.18. The Hall–Kier alpha value is -2.16. The van der Waals surface area contributed by atoms with Gasteiger partial charge in [0, 0.05) is 19.5 Å². The lowest BCUT2D eigenvalue weighted by atomic mass is 9.83. The number of carbonyl (C=O) groups is 4. The molecule has 1 saturated carbocycles. The second-order valence-electron chi connectivity index (χ2n) is 7.94. The van der Waals surface area contributed by atoms with E-state index in [0.717, 1.165) is 32.1 Å². The summed E-state index contributed by atoms with van der Waals surface area (Å²) >= 11 is 0. The third-order valence-electron chi connectivity index (χ3n) is 5.83. The predicted molar refractivity (Wildman–Crippen MR) is 104 cm³/mol. The molecule has 158 valence electrons. The number of hydrogen-bond donors (Lipinski definition) is 4. The van der Waals surface area contributed by atoms with Crippen LogP contribution in [-0.2, 0) is 19.2 Å². The van der Waals surface area contributed by atoms with Gasteiger partial charge in [-0.3, -0.25) is 19.2 Å². The van der Waals surface area contributed by atoms with Gasteiger partial charge in [-0.15, -0.1) is 0 Å². The molecule has 4 amide bonds. The number of likely N-dealkylation sites (tertiary alicyclic amines) is 1. The summed E-state index contributed by atoms with van der Waals surface area (Å²) in [6.07, 6.45) is 5.15. The monoisotopic (exact) mass is 395 g/mol. The quantitative estimate of drug-likeness (QED) is 0.450. The first-order chi connectivity index (χ1) is 13.2. The van der Waals surface area contributed by atoms with E-state index in [4.69, 9.17) is 5.73 Å². The van der Waals surface area contributed by atoms with Crippen molar-refractivity contribution in [2.24, 2.45) is 11.7 Å². The number of likely N-dealkylation sites (N-methyl/N-ethyl adjacent to an activating group) is 1. The van der Waals surface area contributed by atoms with Gasteiger partial charge in [0.1, 0.15) is 12.1 Å². The normalized spacial score (nSPS) is 25.0. The molecule has 0 unspecified atom stereocenters. The average Bonchev–Trinajstić information content (AvgIpc) is 3.08. The fraction of sp³-hybridized carbons (Fsp3) is 0.789. The lowest BCUT2D eigenvalue weighted by molar-refractivity contribution is -0.142. The molecule has 5 N–H and O–H groups in total. The van der Waals surface area contributed by atoms with Crippen molar-refractivity contribution >= 4 is 23.6 Å². The molecule has 1 aliphatic heterocycles. The van der Waals surface area contributed by atoms with Gasteiger partial charge in [0.15, 0.2) is 0 Å². The van der Waals surface area contributed by atoms with Crippen LogP contribution in [0.1, 0.15) is 52.4 Å². The first kappa shape index (κ1) is 22.1. The molecular formula is C19H33N5O4. The van der Waals surface area contributed by atoms with E-state index < -0.39 is 24.0 Å². The minimum atomic E-state index is -0.783. The lowest BCUT2D eigenvalue weighted by Crippen LogP contribution is -2.58. The number of primary amides is 1. The largest absolute Gasteiger partial charge is 0.368 e. The second kappa shape index (κ2) is 9.86. The molecule has 2 aliphatic rings. The molecule has 0 spiro atoms. The van der Waals surface area contributed by atoms with Crippen LogP contribution in [0.15, 0.2) is 0 Å². The summed E-state index contributed by atoms with van der Waals surface area (Å²) in [6, 6.07) is -2.23. The van der Waals surface area contributed by atoms with Gasteiger partial charge >= 0.3 is 0 Å². The lowest BCUT2D eigenvalue weighted by Gasteiger charge is -2.34. The van der Waals surface area contributed by atoms with E-state index in [0.29, 0.717) is 6.42 Å². The van der Waals surface area contributed by atoms with E-state index >= 15 is 0 Å². The highest BCUT2D eigenvalue weighted by molar-refractivity contribution is 5.93. The molecule has 0 aromatic rings. The third kappa shape index (κ3) is 5.43. The number of nitrogens with one attached hydrogen (secondary N) is 3. The number of hydrogen-bond acceptors (Lipinski definition) is 5. The van der Waals surface area contributed by atoms with Crippen LogP contribution in [0.4, 0.5) is 0 Å². The number of nitrogens with two attached hydrogens (primary N) is 1. The van der Waals surface area contributed by atoms with Crippen LogP contribution in [0.2, 0.25) is 0 Å². The van der Waals surface area contributed by atoms with Gasteiger partial charge in [-0.1, -0.05) is 19.3 Å². The third-order valence-corrected chi connectivity index (χ3v) is 5.83. The summed E-state index contributed by atoms with van der Waals surface area (Å²) in [7, 11) is 1.68. The zero-order chi connectivity index (χ0) is 20.8. The first-order valence-corrected chi connectivity index (χ1v) is 10.1. The van der Waals surface area contributed by atoms with Gasteiger partial charge < -0.3 is 26.6 Å². The number of rotatable bonds is 7. The van der Waals surface area contributed by atoms with Crippen LogP contribution in [0.25, 0.3) is 0 Å². The highest BCUT2D eigenvalue weighted by Crippen LogP contribution is 2.29. The standard InChI is InChI=1S/C19H33N5O4/c1-11(21-3)18(27)23-16(13-7-5-4-6-8-13)19(28)24-10-14(22-12(2)25)9-15(24)17(20)26/h11,13-16,21H,4-10H2,1-3H3,(H2,20,26)(H,22,25)(H,23,27)/t11-,14-,15-,16-/m0/s1. The summed E-state index contributed by atoms with van der Waals surface area (Å²) in [5.74, 6) is -1.33. The average molecular weight is 396 g/mol. The Kier molecular flexibility index (Phi) is 7.79. The van der Waals surface area contributed by atoms with Crippen molar-refractivity contribution in [1.82, 2.24) is 20.9 Å².